The zero-order valence-corrected chi connectivity index (χ0v) is 11.6. The van der Waals surface area contributed by atoms with E-state index in [-0.39, 0.29) is 5.97 Å². The van der Waals surface area contributed by atoms with Gasteiger partial charge in [0.2, 0.25) is 0 Å². The molecular weight excluding hydrogens is 240 g/mol. The van der Waals surface area contributed by atoms with E-state index in [4.69, 9.17) is 4.74 Å². The number of ether oxygens (including phenoxy) is 1. The average Bonchev–Trinajstić information content (AvgIpc) is 3.11. The Kier molecular flexibility index (Phi) is 2.81. The molecule has 0 bridgehead atoms. The van der Waals surface area contributed by atoms with Crippen molar-refractivity contribution in [2.24, 2.45) is 0 Å². The van der Waals surface area contributed by atoms with Gasteiger partial charge in [-0.2, -0.15) is 0 Å². The maximum absolute atomic E-state index is 12.2. The van der Waals surface area contributed by atoms with Gasteiger partial charge in [0.15, 0.2) is 5.65 Å². The number of carbonyl (C=O) groups is 1. The zero-order valence-electron chi connectivity index (χ0n) is 11.6. The van der Waals surface area contributed by atoms with Crippen LogP contribution in [0.2, 0.25) is 0 Å². The lowest BCUT2D eigenvalue weighted by molar-refractivity contribution is 0.0527. The molecule has 1 fully saturated rings. The van der Waals surface area contributed by atoms with Crippen molar-refractivity contribution < 1.29 is 9.53 Å². The summed E-state index contributed by atoms with van der Waals surface area (Å²) in [7, 11) is 0. The average molecular weight is 258 g/mol. The fourth-order valence-electron chi connectivity index (χ4n) is 2.58. The summed E-state index contributed by atoms with van der Waals surface area (Å²) in [5.74, 6) is 0.255. The van der Waals surface area contributed by atoms with Crippen LogP contribution < -0.4 is 0 Å². The topological polar surface area (TPSA) is 43.6 Å². The molecule has 0 N–H and O–H groups in total. The lowest BCUT2D eigenvalue weighted by Crippen LogP contribution is -2.07. The van der Waals surface area contributed by atoms with Crippen molar-refractivity contribution in [3.05, 3.63) is 34.8 Å². The molecule has 2 heterocycles. The van der Waals surface area contributed by atoms with E-state index in [0.717, 1.165) is 35.4 Å². The monoisotopic (exact) mass is 258 g/mol. The molecular formula is C15H18N2O2. The third-order valence-electron chi connectivity index (χ3n) is 3.59. The highest BCUT2D eigenvalue weighted by atomic mass is 16.5. The number of aromatic nitrogens is 2. The normalized spacial score (nSPS) is 14.9. The molecule has 2 aromatic heterocycles. The number of rotatable bonds is 3. The van der Waals surface area contributed by atoms with E-state index in [1.54, 1.807) is 0 Å². The quantitative estimate of drug-likeness (QED) is 0.795. The van der Waals surface area contributed by atoms with Gasteiger partial charge in [0.05, 0.1) is 6.61 Å². The summed E-state index contributed by atoms with van der Waals surface area (Å²) in [4.78, 5) is 16.8. The highest BCUT2D eigenvalue weighted by Crippen LogP contribution is 2.43. The fourth-order valence-corrected chi connectivity index (χ4v) is 2.58. The first-order valence-corrected chi connectivity index (χ1v) is 6.78. The Morgan fingerprint density at radius 1 is 1.47 bits per heavy atom. The number of fused-ring (bicyclic) bond motifs is 1. The molecule has 2 aromatic rings. The van der Waals surface area contributed by atoms with Gasteiger partial charge in [0.25, 0.3) is 0 Å². The fraction of sp³-hybridized carbons (Fsp3) is 0.467. The Bertz CT molecular complexity index is 654. The summed E-state index contributed by atoms with van der Waals surface area (Å²) >= 11 is 0. The van der Waals surface area contributed by atoms with Crippen LogP contribution in [0.5, 0.6) is 0 Å². The molecule has 0 atom stereocenters. The molecule has 1 aliphatic carbocycles. The van der Waals surface area contributed by atoms with E-state index >= 15 is 0 Å². The van der Waals surface area contributed by atoms with E-state index in [0.29, 0.717) is 18.1 Å². The van der Waals surface area contributed by atoms with Crippen molar-refractivity contribution in [1.82, 2.24) is 9.38 Å². The van der Waals surface area contributed by atoms with Gasteiger partial charge in [0, 0.05) is 17.6 Å². The molecule has 0 spiro atoms. The molecule has 100 valence electrons. The highest BCUT2D eigenvalue weighted by Gasteiger charge is 2.32. The number of aryl methyl sites for hydroxylation is 2. The molecule has 19 heavy (non-hydrogen) atoms. The molecule has 0 aliphatic heterocycles. The SMILES string of the molecule is CCOC(=O)c1c(C2CC2)cn2c(C)cc(C)nc12. The first-order valence-electron chi connectivity index (χ1n) is 6.78. The minimum absolute atomic E-state index is 0.246. The van der Waals surface area contributed by atoms with Crippen LogP contribution in [0.4, 0.5) is 0 Å². The van der Waals surface area contributed by atoms with Crippen molar-refractivity contribution in [3.8, 4) is 0 Å². The summed E-state index contributed by atoms with van der Waals surface area (Å²) in [6, 6.07) is 2.03. The van der Waals surface area contributed by atoms with Crippen molar-refractivity contribution in [2.45, 2.75) is 39.5 Å². The Hall–Kier alpha value is -1.84. The standard InChI is InChI=1S/C15H18N2O2/c1-4-19-15(18)13-12(11-5-6-11)8-17-10(3)7-9(2)16-14(13)17/h7-8,11H,4-6H2,1-3H3. The van der Waals surface area contributed by atoms with Crippen molar-refractivity contribution in [3.63, 3.8) is 0 Å². The maximum Gasteiger partial charge on any atom is 0.342 e. The van der Waals surface area contributed by atoms with Gasteiger partial charge in [-0.3, -0.25) is 0 Å². The minimum Gasteiger partial charge on any atom is -0.462 e. The Morgan fingerprint density at radius 2 is 2.21 bits per heavy atom. The molecule has 0 radical (unpaired) electrons. The second-order valence-corrected chi connectivity index (χ2v) is 5.19. The zero-order chi connectivity index (χ0) is 13.6. The van der Waals surface area contributed by atoms with Gasteiger partial charge in [-0.15, -0.1) is 0 Å². The van der Waals surface area contributed by atoms with Crippen molar-refractivity contribution >= 4 is 11.6 Å². The smallest absolute Gasteiger partial charge is 0.342 e. The number of nitrogens with zero attached hydrogens (tertiary/aromatic N) is 2. The summed E-state index contributed by atoms with van der Waals surface area (Å²) in [5, 5.41) is 0. The molecule has 1 saturated carbocycles. The van der Waals surface area contributed by atoms with Crippen LogP contribution in [-0.4, -0.2) is 22.0 Å². The second-order valence-electron chi connectivity index (χ2n) is 5.19. The second kappa shape index (κ2) is 4.37. The van der Waals surface area contributed by atoms with Crippen LogP contribution in [-0.2, 0) is 4.74 Å². The van der Waals surface area contributed by atoms with E-state index < -0.39 is 0 Å². The Balaban J connectivity index is 2.25. The van der Waals surface area contributed by atoms with Gasteiger partial charge in [-0.25, -0.2) is 9.78 Å². The van der Waals surface area contributed by atoms with Crippen LogP contribution in [0.1, 0.15) is 53.0 Å². The molecule has 0 aromatic carbocycles. The van der Waals surface area contributed by atoms with Crippen LogP contribution in [0.15, 0.2) is 12.3 Å². The van der Waals surface area contributed by atoms with E-state index in [1.165, 1.54) is 0 Å². The van der Waals surface area contributed by atoms with Crippen molar-refractivity contribution in [2.75, 3.05) is 6.61 Å². The molecule has 4 nitrogen and oxygen atoms in total. The summed E-state index contributed by atoms with van der Waals surface area (Å²) in [6.45, 7) is 6.21. The number of esters is 1. The van der Waals surface area contributed by atoms with Crippen LogP contribution in [0.25, 0.3) is 5.65 Å². The maximum atomic E-state index is 12.2. The first-order chi connectivity index (χ1) is 9.11. The van der Waals surface area contributed by atoms with Crippen LogP contribution >= 0.6 is 0 Å². The molecule has 4 heteroatoms. The third-order valence-corrected chi connectivity index (χ3v) is 3.59. The molecule has 0 saturated heterocycles. The number of hydrogen-bond donors (Lipinski definition) is 0. The molecule has 3 rings (SSSR count). The van der Waals surface area contributed by atoms with E-state index in [1.807, 2.05) is 31.2 Å². The lowest BCUT2D eigenvalue weighted by atomic mass is 10.1. The Morgan fingerprint density at radius 3 is 2.84 bits per heavy atom. The van der Waals surface area contributed by atoms with Crippen molar-refractivity contribution in [1.29, 1.82) is 0 Å². The largest absolute Gasteiger partial charge is 0.462 e. The van der Waals surface area contributed by atoms with Crippen LogP contribution in [0.3, 0.4) is 0 Å². The predicted molar refractivity (Wildman–Crippen MR) is 72.6 cm³/mol. The summed E-state index contributed by atoms with van der Waals surface area (Å²) < 4.78 is 7.21. The van der Waals surface area contributed by atoms with Gasteiger partial charge in [0.1, 0.15) is 5.56 Å². The van der Waals surface area contributed by atoms with Gasteiger partial charge in [-0.1, -0.05) is 0 Å². The highest BCUT2D eigenvalue weighted by molar-refractivity contribution is 5.98. The van der Waals surface area contributed by atoms with Gasteiger partial charge in [-0.05, 0) is 51.2 Å². The molecule has 0 unspecified atom stereocenters. The molecule has 0 amide bonds. The third kappa shape index (κ3) is 2.01. The minimum atomic E-state index is -0.246. The summed E-state index contributed by atoms with van der Waals surface area (Å²) in [5.41, 5.74) is 4.52. The van der Waals surface area contributed by atoms with Gasteiger partial charge >= 0.3 is 5.97 Å². The number of hydrogen-bond acceptors (Lipinski definition) is 3. The first kappa shape index (κ1) is 12.2. The van der Waals surface area contributed by atoms with E-state index in [2.05, 4.69) is 11.2 Å². The predicted octanol–water partition coefficient (Wildman–Crippen LogP) is 3.01. The van der Waals surface area contributed by atoms with Crippen LogP contribution in [0, 0.1) is 13.8 Å². The lowest BCUT2D eigenvalue weighted by Gasteiger charge is -2.04. The number of carbonyl (C=O) groups excluding carboxylic acids is 1. The summed E-state index contributed by atoms with van der Waals surface area (Å²) in [6.07, 6.45) is 4.36. The molecule has 1 aliphatic rings. The Labute approximate surface area is 112 Å². The van der Waals surface area contributed by atoms with E-state index in [9.17, 15) is 4.79 Å². The van der Waals surface area contributed by atoms with Gasteiger partial charge < -0.3 is 9.14 Å².